The van der Waals surface area contributed by atoms with Crippen molar-refractivity contribution in [3.63, 3.8) is 0 Å². The number of benzene rings is 2. The van der Waals surface area contributed by atoms with Gasteiger partial charge >= 0.3 is 16.1 Å². The number of rotatable bonds is 9. The van der Waals surface area contributed by atoms with E-state index in [1.54, 1.807) is 19.2 Å². The molecular formula is C19H22F2N2O5S. The minimum atomic E-state index is -3.63. The van der Waals surface area contributed by atoms with E-state index < -0.39 is 27.8 Å². The summed E-state index contributed by atoms with van der Waals surface area (Å²) in [7, 11) is -2.09. The third-order valence-corrected chi connectivity index (χ3v) is 4.28. The van der Waals surface area contributed by atoms with Gasteiger partial charge in [-0.15, -0.1) is 0 Å². The quantitative estimate of drug-likeness (QED) is 0.489. The molecule has 1 N–H and O–H groups in total. The van der Waals surface area contributed by atoms with Crippen molar-refractivity contribution in [3.05, 3.63) is 59.7 Å². The Morgan fingerprint density at radius 2 is 1.83 bits per heavy atom. The van der Waals surface area contributed by atoms with E-state index in [0.29, 0.717) is 31.2 Å². The fourth-order valence-electron chi connectivity index (χ4n) is 2.48. The third-order valence-electron chi connectivity index (χ3n) is 3.78. The van der Waals surface area contributed by atoms with Crippen LogP contribution in [-0.2, 0) is 21.4 Å². The molecule has 0 atom stereocenters. The van der Waals surface area contributed by atoms with Crippen molar-refractivity contribution < 1.29 is 30.9 Å². The van der Waals surface area contributed by atoms with Crippen LogP contribution in [0.4, 0.5) is 19.3 Å². The number of anilines is 1. The van der Waals surface area contributed by atoms with E-state index in [-0.39, 0.29) is 18.0 Å². The van der Waals surface area contributed by atoms with Crippen LogP contribution in [0.15, 0.2) is 42.5 Å². The van der Waals surface area contributed by atoms with Crippen molar-refractivity contribution in [2.75, 3.05) is 31.8 Å². The van der Waals surface area contributed by atoms with Crippen molar-refractivity contribution >= 4 is 21.8 Å². The average molecular weight is 428 g/mol. The molecule has 7 nitrogen and oxygen atoms in total. The molecule has 158 valence electrons. The first-order chi connectivity index (χ1) is 13.7. The normalized spacial score (nSPS) is 11.2. The SMILES string of the molecule is COCCCN(Cc1ccc(OS(C)(=O)=O)cc1)C(=O)Nc1ccc(F)cc1F. The Labute approximate surface area is 168 Å². The van der Waals surface area contributed by atoms with Crippen LogP contribution >= 0.6 is 0 Å². The van der Waals surface area contributed by atoms with Crippen LogP contribution in [0.2, 0.25) is 0 Å². The molecule has 0 aliphatic rings. The van der Waals surface area contributed by atoms with Crippen LogP contribution in [-0.4, -0.2) is 45.9 Å². The molecule has 0 aliphatic carbocycles. The Hall–Kier alpha value is -2.72. The topological polar surface area (TPSA) is 84.9 Å². The van der Waals surface area contributed by atoms with Gasteiger partial charge in [0.2, 0.25) is 0 Å². The number of amides is 2. The molecule has 2 amide bonds. The lowest BCUT2D eigenvalue weighted by atomic mass is 10.2. The minimum absolute atomic E-state index is 0.134. The second kappa shape index (κ2) is 10.2. The van der Waals surface area contributed by atoms with Crippen LogP contribution in [0.5, 0.6) is 5.75 Å². The van der Waals surface area contributed by atoms with Gasteiger partial charge in [0.05, 0.1) is 11.9 Å². The summed E-state index contributed by atoms with van der Waals surface area (Å²) >= 11 is 0. The van der Waals surface area contributed by atoms with Gasteiger partial charge in [-0.2, -0.15) is 8.42 Å². The number of carbonyl (C=O) groups excluding carboxylic acids is 1. The molecule has 2 rings (SSSR count). The highest BCUT2D eigenvalue weighted by molar-refractivity contribution is 7.86. The maximum atomic E-state index is 13.8. The summed E-state index contributed by atoms with van der Waals surface area (Å²) in [6.45, 7) is 0.928. The minimum Gasteiger partial charge on any atom is -0.385 e. The molecule has 29 heavy (non-hydrogen) atoms. The number of hydrogen-bond donors (Lipinski definition) is 1. The van der Waals surface area contributed by atoms with E-state index in [4.69, 9.17) is 8.92 Å². The van der Waals surface area contributed by atoms with Gasteiger partial charge in [0, 0.05) is 32.9 Å². The molecule has 0 spiro atoms. The van der Waals surface area contributed by atoms with Gasteiger partial charge in [-0.25, -0.2) is 13.6 Å². The highest BCUT2D eigenvalue weighted by Gasteiger charge is 2.16. The Bertz CT molecular complexity index is 936. The van der Waals surface area contributed by atoms with Crippen molar-refractivity contribution in [2.24, 2.45) is 0 Å². The van der Waals surface area contributed by atoms with E-state index in [2.05, 4.69) is 5.32 Å². The molecule has 0 radical (unpaired) electrons. The largest absolute Gasteiger partial charge is 0.385 e. The number of nitrogens with zero attached hydrogens (tertiary/aromatic N) is 1. The number of carbonyl (C=O) groups is 1. The molecule has 0 saturated heterocycles. The number of halogens is 2. The first kappa shape index (κ1) is 22.6. The summed E-state index contributed by atoms with van der Waals surface area (Å²) < 4.78 is 59.0. The lowest BCUT2D eigenvalue weighted by Crippen LogP contribution is -2.36. The molecule has 0 saturated carbocycles. The number of hydrogen-bond acceptors (Lipinski definition) is 5. The van der Waals surface area contributed by atoms with Gasteiger partial charge in [0.15, 0.2) is 0 Å². The molecule has 0 aliphatic heterocycles. The van der Waals surface area contributed by atoms with Crippen LogP contribution in [0.1, 0.15) is 12.0 Å². The van der Waals surface area contributed by atoms with E-state index >= 15 is 0 Å². The van der Waals surface area contributed by atoms with Gasteiger partial charge in [0.25, 0.3) is 0 Å². The van der Waals surface area contributed by atoms with Gasteiger partial charge < -0.3 is 19.1 Å². The molecule has 10 heteroatoms. The zero-order valence-corrected chi connectivity index (χ0v) is 16.8. The van der Waals surface area contributed by atoms with Crippen LogP contribution in [0, 0.1) is 11.6 Å². The number of urea groups is 1. The predicted molar refractivity (Wildman–Crippen MR) is 104 cm³/mol. The lowest BCUT2D eigenvalue weighted by Gasteiger charge is -2.23. The summed E-state index contributed by atoms with van der Waals surface area (Å²) in [6, 6.07) is 8.50. The van der Waals surface area contributed by atoms with Gasteiger partial charge in [-0.05, 0) is 36.2 Å². The van der Waals surface area contributed by atoms with Crippen molar-refractivity contribution in [1.82, 2.24) is 4.90 Å². The summed E-state index contributed by atoms with van der Waals surface area (Å²) in [5.74, 6) is -1.47. The van der Waals surface area contributed by atoms with Crippen LogP contribution in [0.3, 0.4) is 0 Å². The second-order valence-corrected chi connectivity index (χ2v) is 7.83. The van der Waals surface area contributed by atoms with Crippen molar-refractivity contribution in [1.29, 1.82) is 0 Å². The molecule has 0 heterocycles. The molecule has 0 aromatic heterocycles. The van der Waals surface area contributed by atoms with Crippen LogP contribution in [0.25, 0.3) is 0 Å². The average Bonchev–Trinajstić information content (AvgIpc) is 2.63. The summed E-state index contributed by atoms with van der Waals surface area (Å²) in [4.78, 5) is 14.1. The van der Waals surface area contributed by atoms with E-state index in [1.165, 1.54) is 17.0 Å². The van der Waals surface area contributed by atoms with Crippen molar-refractivity contribution in [3.8, 4) is 5.75 Å². The van der Waals surface area contributed by atoms with Gasteiger partial charge in [-0.1, -0.05) is 12.1 Å². The van der Waals surface area contributed by atoms with Crippen molar-refractivity contribution in [2.45, 2.75) is 13.0 Å². The molecule has 2 aromatic carbocycles. The number of methoxy groups -OCH3 is 1. The van der Waals surface area contributed by atoms with Crippen LogP contribution < -0.4 is 9.50 Å². The first-order valence-electron chi connectivity index (χ1n) is 8.66. The Morgan fingerprint density at radius 1 is 1.14 bits per heavy atom. The monoisotopic (exact) mass is 428 g/mol. The summed E-state index contributed by atoms with van der Waals surface area (Å²) in [5, 5.41) is 2.43. The maximum Gasteiger partial charge on any atom is 0.322 e. The smallest absolute Gasteiger partial charge is 0.322 e. The Balaban J connectivity index is 2.11. The molecule has 0 fully saturated rings. The lowest BCUT2D eigenvalue weighted by molar-refractivity contribution is 0.171. The molecule has 2 aromatic rings. The van der Waals surface area contributed by atoms with E-state index in [1.807, 2.05) is 0 Å². The maximum absolute atomic E-state index is 13.8. The molecule has 0 unspecified atom stereocenters. The standard InChI is InChI=1S/C19H22F2N2O5S/c1-27-11-3-10-23(19(24)22-18-9-6-15(20)12-17(18)21)13-14-4-7-16(8-5-14)28-29(2,25)26/h4-9,12H,3,10-11,13H2,1-2H3,(H,22,24). The summed E-state index contributed by atoms with van der Waals surface area (Å²) in [5.41, 5.74) is 0.572. The highest BCUT2D eigenvalue weighted by Crippen LogP contribution is 2.18. The van der Waals surface area contributed by atoms with Gasteiger partial charge in [0.1, 0.15) is 17.4 Å². The Kier molecular flexibility index (Phi) is 7.91. The van der Waals surface area contributed by atoms with E-state index in [9.17, 15) is 22.0 Å². The van der Waals surface area contributed by atoms with E-state index in [0.717, 1.165) is 18.4 Å². The number of nitrogens with one attached hydrogen (secondary N) is 1. The first-order valence-corrected chi connectivity index (χ1v) is 10.5. The second-order valence-electron chi connectivity index (χ2n) is 6.25. The Morgan fingerprint density at radius 3 is 2.41 bits per heavy atom. The summed E-state index contributed by atoms with van der Waals surface area (Å²) in [6.07, 6.45) is 1.49. The third kappa shape index (κ3) is 7.66. The zero-order chi connectivity index (χ0) is 21.4. The zero-order valence-electron chi connectivity index (χ0n) is 16.0. The molecular weight excluding hydrogens is 406 g/mol. The predicted octanol–water partition coefficient (Wildman–Crippen LogP) is 3.37. The fourth-order valence-corrected chi connectivity index (χ4v) is 2.94. The van der Waals surface area contributed by atoms with Gasteiger partial charge in [-0.3, -0.25) is 0 Å². The fraction of sp³-hybridized carbons (Fsp3) is 0.316. The highest BCUT2D eigenvalue weighted by atomic mass is 32.2. The number of ether oxygens (including phenoxy) is 1. The molecule has 0 bridgehead atoms.